The SMILES string of the molecule is CC(=O)c1cccc(NS(=O)(=O)c2ccc3c(c2)NC(=O)[C@H](C)CS3)c1. The van der Waals surface area contributed by atoms with Crippen molar-refractivity contribution in [2.75, 3.05) is 15.8 Å². The molecule has 0 aromatic heterocycles. The van der Waals surface area contributed by atoms with Gasteiger partial charge in [-0.15, -0.1) is 11.8 Å². The number of sulfonamides is 1. The van der Waals surface area contributed by atoms with Crippen LogP contribution in [0.4, 0.5) is 11.4 Å². The zero-order valence-corrected chi connectivity index (χ0v) is 15.9. The highest BCUT2D eigenvalue weighted by atomic mass is 32.2. The summed E-state index contributed by atoms with van der Waals surface area (Å²) in [5.41, 5.74) is 1.22. The van der Waals surface area contributed by atoms with Gasteiger partial charge in [-0.05, 0) is 37.3 Å². The maximum atomic E-state index is 12.7. The van der Waals surface area contributed by atoms with E-state index in [9.17, 15) is 18.0 Å². The lowest BCUT2D eigenvalue weighted by atomic mass is 10.1. The predicted octanol–water partition coefficient (Wildman–Crippen LogP) is 3.37. The molecule has 1 atom stereocenters. The number of carbonyl (C=O) groups excluding carboxylic acids is 2. The molecule has 2 aromatic carbocycles. The summed E-state index contributed by atoms with van der Waals surface area (Å²) >= 11 is 1.51. The number of benzene rings is 2. The molecule has 26 heavy (non-hydrogen) atoms. The van der Waals surface area contributed by atoms with Gasteiger partial charge in [-0.3, -0.25) is 14.3 Å². The van der Waals surface area contributed by atoms with Gasteiger partial charge in [-0.25, -0.2) is 8.42 Å². The maximum absolute atomic E-state index is 12.7. The van der Waals surface area contributed by atoms with Gasteiger partial charge in [0.05, 0.1) is 10.6 Å². The third-order valence-electron chi connectivity index (χ3n) is 3.98. The molecule has 8 heteroatoms. The van der Waals surface area contributed by atoms with Crippen LogP contribution < -0.4 is 10.0 Å². The maximum Gasteiger partial charge on any atom is 0.261 e. The number of anilines is 2. The molecule has 1 aliphatic heterocycles. The van der Waals surface area contributed by atoms with Crippen LogP contribution in [0, 0.1) is 5.92 Å². The molecular formula is C18H18N2O4S2. The standard InChI is InChI=1S/C18H18N2O4S2/c1-11-10-25-17-7-6-15(9-16(17)19-18(11)22)26(23,24)20-14-5-3-4-13(8-14)12(2)21/h3-9,11,20H,10H2,1-2H3,(H,19,22)/t11-/m1/s1. The highest BCUT2D eigenvalue weighted by molar-refractivity contribution is 7.99. The highest BCUT2D eigenvalue weighted by Crippen LogP contribution is 2.34. The molecule has 1 amide bonds. The first-order valence-corrected chi connectivity index (χ1v) is 10.4. The van der Waals surface area contributed by atoms with Crippen LogP contribution in [0.25, 0.3) is 0 Å². The van der Waals surface area contributed by atoms with Crippen LogP contribution in [0.5, 0.6) is 0 Å². The number of thioether (sulfide) groups is 1. The Balaban J connectivity index is 1.91. The summed E-state index contributed by atoms with van der Waals surface area (Å²) < 4.78 is 27.8. The zero-order valence-electron chi connectivity index (χ0n) is 14.3. The minimum absolute atomic E-state index is 0.0416. The fourth-order valence-electron chi connectivity index (χ4n) is 2.46. The van der Waals surface area contributed by atoms with Gasteiger partial charge in [0.2, 0.25) is 5.91 Å². The second-order valence-corrected chi connectivity index (χ2v) is 8.85. The van der Waals surface area contributed by atoms with Gasteiger partial charge in [0.1, 0.15) is 0 Å². The van der Waals surface area contributed by atoms with Gasteiger partial charge < -0.3 is 5.32 Å². The number of fused-ring (bicyclic) bond motifs is 1. The lowest BCUT2D eigenvalue weighted by Gasteiger charge is -2.12. The monoisotopic (exact) mass is 390 g/mol. The van der Waals surface area contributed by atoms with Crippen LogP contribution in [0.3, 0.4) is 0 Å². The third kappa shape index (κ3) is 3.91. The second-order valence-electron chi connectivity index (χ2n) is 6.10. The van der Waals surface area contributed by atoms with Gasteiger partial charge in [-0.2, -0.15) is 0 Å². The summed E-state index contributed by atoms with van der Waals surface area (Å²) in [7, 11) is -3.85. The molecule has 2 aromatic rings. The topological polar surface area (TPSA) is 92.3 Å². The summed E-state index contributed by atoms with van der Waals surface area (Å²) in [5, 5.41) is 2.78. The second kappa shape index (κ2) is 7.13. The van der Waals surface area contributed by atoms with Gasteiger partial charge in [0.25, 0.3) is 10.0 Å². The number of nitrogens with one attached hydrogen (secondary N) is 2. The van der Waals surface area contributed by atoms with Crippen LogP contribution in [-0.4, -0.2) is 25.9 Å². The summed E-state index contributed by atoms with van der Waals surface area (Å²) in [6, 6.07) is 11.0. The molecule has 0 aliphatic carbocycles. The Morgan fingerprint density at radius 1 is 1.23 bits per heavy atom. The summed E-state index contributed by atoms with van der Waals surface area (Å²) in [5.74, 6) is 0.207. The molecule has 0 spiro atoms. The Morgan fingerprint density at radius 2 is 2.00 bits per heavy atom. The van der Waals surface area contributed by atoms with E-state index < -0.39 is 10.0 Å². The van der Waals surface area contributed by atoms with E-state index in [0.717, 1.165) is 4.90 Å². The molecule has 0 saturated heterocycles. The van der Waals surface area contributed by atoms with Crippen molar-refractivity contribution in [3.8, 4) is 0 Å². The van der Waals surface area contributed by atoms with Crippen molar-refractivity contribution < 1.29 is 18.0 Å². The summed E-state index contributed by atoms with van der Waals surface area (Å²) in [4.78, 5) is 24.3. The number of ketones is 1. The molecule has 136 valence electrons. The van der Waals surface area contributed by atoms with Crippen LogP contribution in [0.1, 0.15) is 24.2 Å². The summed E-state index contributed by atoms with van der Waals surface area (Å²) in [6.07, 6.45) is 0. The highest BCUT2D eigenvalue weighted by Gasteiger charge is 2.23. The molecule has 1 aliphatic rings. The molecule has 0 fully saturated rings. The van der Waals surface area contributed by atoms with Crippen LogP contribution >= 0.6 is 11.8 Å². The van der Waals surface area contributed by atoms with Crippen molar-refractivity contribution in [1.29, 1.82) is 0 Å². The van der Waals surface area contributed by atoms with Crippen molar-refractivity contribution in [2.45, 2.75) is 23.6 Å². The van der Waals surface area contributed by atoms with Crippen LogP contribution in [0.2, 0.25) is 0 Å². The first kappa shape index (κ1) is 18.5. The lowest BCUT2D eigenvalue weighted by molar-refractivity contribution is -0.118. The Hall–Kier alpha value is -2.32. The van der Waals surface area contributed by atoms with Crippen LogP contribution in [-0.2, 0) is 14.8 Å². The van der Waals surface area contributed by atoms with Gasteiger partial charge in [-0.1, -0.05) is 19.1 Å². The Morgan fingerprint density at radius 3 is 2.73 bits per heavy atom. The fourth-order valence-corrected chi connectivity index (χ4v) is 4.55. The minimum atomic E-state index is -3.85. The number of carbonyl (C=O) groups is 2. The van der Waals surface area contributed by atoms with Crippen molar-refractivity contribution in [3.05, 3.63) is 48.0 Å². The average Bonchev–Trinajstić information content (AvgIpc) is 2.73. The van der Waals surface area contributed by atoms with E-state index in [1.807, 2.05) is 6.92 Å². The number of Topliss-reactive ketones (excluding diaryl/α,β-unsaturated/α-hetero) is 1. The van der Waals surface area contributed by atoms with Crippen molar-refractivity contribution in [3.63, 3.8) is 0 Å². The smallest absolute Gasteiger partial charge is 0.261 e. The quantitative estimate of drug-likeness (QED) is 0.781. The predicted molar refractivity (Wildman–Crippen MR) is 102 cm³/mol. The fraction of sp³-hybridized carbons (Fsp3) is 0.222. The largest absolute Gasteiger partial charge is 0.325 e. The molecule has 1 heterocycles. The van der Waals surface area contributed by atoms with E-state index in [4.69, 9.17) is 0 Å². The Bertz CT molecular complexity index is 986. The molecule has 0 unspecified atom stereocenters. The molecule has 6 nitrogen and oxygen atoms in total. The number of rotatable bonds is 4. The van der Waals surface area contributed by atoms with Crippen molar-refractivity contribution >= 4 is 44.9 Å². The normalized spacial score (nSPS) is 17.0. The average molecular weight is 390 g/mol. The molecule has 0 bridgehead atoms. The molecule has 0 saturated carbocycles. The van der Waals surface area contributed by atoms with E-state index in [-0.39, 0.29) is 22.5 Å². The van der Waals surface area contributed by atoms with Gasteiger partial charge >= 0.3 is 0 Å². The van der Waals surface area contributed by atoms with E-state index in [1.165, 1.54) is 36.9 Å². The molecule has 3 rings (SSSR count). The van der Waals surface area contributed by atoms with Gasteiger partial charge in [0.15, 0.2) is 5.78 Å². The number of hydrogen-bond acceptors (Lipinski definition) is 5. The Kier molecular flexibility index (Phi) is 5.06. The number of amides is 1. The summed E-state index contributed by atoms with van der Waals surface area (Å²) in [6.45, 7) is 3.25. The Labute approximate surface area is 156 Å². The van der Waals surface area contributed by atoms with E-state index in [0.29, 0.717) is 22.7 Å². The first-order chi connectivity index (χ1) is 12.3. The van der Waals surface area contributed by atoms with E-state index >= 15 is 0 Å². The minimum Gasteiger partial charge on any atom is -0.325 e. The molecule has 0 radical (unpaired) electrons. The van der Waals surface area contributed by atoms with Crippen LogP contribution in [0.15, 0.2) is 52.3 Å². The zero-order chi connectivity index (χ0) is 18.9. The van der Waals surface area contributed by atoms with E-state index in [2.05, 4.69) is 10.0 Å². The van der Waals surface area contributed by atoms with E-state index in [1.54, 1.807) is 24.3 Å². The van der Waals surface area contributed by atoms with Crippen molar-refractivity contribution in [2.24, 2.45) is 5.92 Å². The number of hydrogen-bond donors (Lipinski definition) is 2. The third-order valence-corrected chi connectivity index (χ3v) is 6.69. The lowest BCUT2D eigenvalue weighted by Crippen LogP contribution is -2.20. The van der Waals surface area contributed by atoms with Crippen molar-refractivity contribution in [1.82, 2.24) is 0 Å². The molecular weight excluding hydrogens is 372 g/mol. The van der Waals surface area contributed by atoms with Gasteiger partial charge in [0, 0.05) is 27.8 Å². The first-order valence-electron chi connectivity index (χ1n) is 7.98. The molecule has 2 N–H and O–H groups in total.